The van der Waals surface area contributed by atoms with Crippen molar-refractivity contribution < 1.29 is 19.3 Å². The van der Waals surface area contributed by atoms with Gasteiger partial charge in [0.25, 0.3) is 17.5 Å². The van der Waals surface area contributed by atoms with Crippen molar-refractivity contribution in [3.8, 4) is 0 Å². The van der Waals surface area contributed by atoms with Crippen molar-refractivity contribution in [1.82, 2.24) is 5.32 Å². The highest BCUT2D eigenvalue weighted by atomic mass is 32.1. The minimum absolute atomic E-state index is 0.148. The molecule has 0 radical (unpaired) electrons. The molecule has 8 nitrogen and oxygen atoms in total. The quantitative estimate of drug-likeness (QED) is 0.121. The van der Waals surface area contributed by atoms with Crippen molar-refractivity contribution in [2.24, 2.45) is 0 Å². The fraction of sp³-hybridized carbons (Fsp3) is 0. The summed E-state index contributed by atoms with van der Waals surface area (Å²) < 4.78 is 0. The number of amides is 2. The number of ketones is 1. The van der Waals surface area contributed by atoms with Gasteiger partial charge in [-0.1, -0.05) is 36.4 Å². The first-order valence-corrected chi connectivity index (χ1v) is 12.3. The van der Waals surface area contributed by atoms with E-state index in [1.165, 1.54) is 41.7 Å². The van der Waals surface area contributed by atoms with E-state index in [-0.39, 0.29) is 22.7 Å². The Morgan fingerprint density at radius 3 is 2.21 bits per heavy atom. The van der Waals surface area contributed by atoms with Crippen LogP contribution < -0.4 is 10.6 Å². The van der Waals surface area contributed by atoms with Crippen molar-refractivity contribution >= 4 is 52.5 Å². The number of carbonyl (C=O) groups excluding carboxylic acids is 3. The SMILES string of the molecule is O=C(Nc1ccc(C(=O)/C=C/c2cccs2)cc1)/C(=C/c1ccccc1[N+](=O)[O-])NC(=O)c1ccccc1. The van der Waals surface area contributed by atoms with Gasteiger partial charge in [-0.25, -0.2) is 0 Å². The lowest BCUT2D eigenvalue weighted by Crippen LogP contribution is -2.30. The third-order valence-electron chi connectivity index (χ3n) is 5.33. The highest BCUT2D eigenvalue weighted by Gasteiger charge is 2.18. The molecular formula is C29H21N3O5S. The van der Waals surface area contributed by atoms with E-state index in [0.717, 1.165) is 4.88 Å². The minimum atomic E-state index is -0.691. The van der Waals surface area contributed by atoms with Crippen LogP contribution in [0.2, 0.25) is 0 Å². The molecule has 0 atom stereocenters. The van der Waals surface area contributed by atoms with Gasteiger partial charge >= 0.3 is 0 Å². The van der Waals surface area contributed by atoms with E-state index in [1.807, 2.05) is 17.5 Å². The second kappa shape index (κ2) is 12.2. The van der Waals surface area contributed by atoms with Gasteiger partial charge in [-0.15, -0.1) is 11.3 Å². The van der Waals surface area contributed by atoms with Crippen LogP contribution in [0.4, 0.5) is 11.4 Å². The van der Waals surface area contributed by atoms with Crippen molar-refractivity contribution in [3.63, 3.8) is 0 Å². The minimum Gasteiger partial charge on any atom is -0.321 e. The number of thiophene rings is 1. The summed E-state index contributed by atoms with van der Waals surface area (Å²) in [4.78, 5) is 50.3. The fourth-order valence-electron chi connectivity index (χ4n) is 3.43. The van der Waals surface area contributed by atoms with Crippen molar-refractivity contribution in [1.29, 1.82) is 0 Å². The van der Waals surface area contributed by atoms with Gasteiger partial charge < -0.3 is 10.6 Å². The summed E-state index contributed by atoms with van der Waals surface area (Å²) in [6.45, 7) is 0. The first-order chi connectivity index (χ1) is 18.4. The Kier molecular flexibility index (Phi) is 8.32. The number of carbonyl (C=O) groups is 3. The maximum Gasteiger partial charge on any atom is 0.276 e. The Balaban J connectivity index is 1.55. The van der Waals surface area contributed by atoms with Crippen LogP contribution in [0.3, 0.4) is 0 Å². The predicted octanol–water partition coefficient (Wildman–Crippen LogP) is 5.96. The van der Waals surface area contributed by atoms with E-state index >= 15 is 0 Å². The van der Waals surface area contributed by atoms with Gasteiger partial charge in [-0.05, 0) is 72.1 Å². The summed E-state index contributed by atoms with van der Waals surface area (Å²) in [7, 11) is 0. The molecule has 38 heavy (non-hydrogen) atoms. The molecule has 1 aromatic heterocycles. The summed E-state index contributed by atoms with van der Waals surface area (Å²) in [6, 6.07) is 24.2. The van der Waals surface area contributed by atoms with E-state index < -0.39 is 16.7 Å². The third kappa shape index (κ3) is 6.74. The molecule has 9 heteroatoms. The van der Waals surface area contributed by atoms with Crippen LogP contribution in [0.25, 0.3) is 12.2 Å². The van der Waals surface area contributed by atoms with E-state index in [4.69, 9.17) is 0 Å². The van der Waals surface area contributed by atoms with Gasteiger partial charge in [0.1, 0.15) is 5.70 Å². The zero-order valence-electron chi connectivity index (χ0n) is 19.9. The van der Waals surface area contributed by atoms with Gasteiger partial charge in [0.05, 0.1) is 10.5 Å². The molecule has 188 valence electrons. The number of para-hydroxylation sites is 1. The highest BCUT2D eigenvalue weighted by molar-refractivity contribution is 7.10. The lowest BCUT2D eigenvalue weighted by molar-refractivity contribution is -0.385. The molecule has 0 bridgehead atoms. The van der Waals surface area contributed by atoms with Crippen LogP contribution in [0.5, 0.6) is 0 Å². The van der Waals surface area contributed by atoms with Crippen LogP contribution in [0, 0.1) is 10.1 Å². The number of nitro benzene ring substituents is 1. The van der Waals surface area contributed by atoms with Gasteiger partial charge in [-0.3, -0.25) is 24.5 Å². The van der Waals surface area contributed by atoms with Crippen molar-refractivity contribution in [2.75, 3.05) is 5.32 Å². The second-order valence-corrected chi connectivity index (χ2v) is 8.92. The summed E-state index contributed by atoms with van der Waals surface area (Å²) in [5, 5.41) is 18.6. The molecule has 0 fully saturated rings. The summed E-state index contributed by atoms with van der Waals surface area (Å²) in [5.41, 5.74) is 0.860. The summed E-state index contributed by atoms with van der Waals surface area (Å²) in [5.74, 6) is -1.43. The Labute approximate surface area is 222 Å². The molecule has 0 spiro atoms. The standard InChI is InChI=1S/C29H21N3O5S/c33-27(17-16-24-10-6-18-38-24)20-12-14-23(15-13-20)30-29(35)25(31-28(34)21-7-2-1-3-8-21)19-22-9-4-5-11-26(22)32(36)37/h1-19H,(H,30,35)(H,31,34)/b17-16+,25-19-. The van der Waals surface area contributed by atoms with Crippen LogP contribution >= 0.6 is 11.3 Å². The average Bonchev–Trinajstić information content (AvgIpc) is 3.46. The second-order valence-electron chi connectivity index (χ2n) is 7.94. The molecular weight excluding hydrogens is 502 g/mol. The molecule has 3 aromatic carbocycles. The lowest BCUT2D eigenvalue weighted by atomic mass is 10.1. The van der Waals surface area contributed by atoms with Crippen LogP contribution in [0.15, 0.2) is 108 Å². The van der Waals surface area contributed by atoms with Gasteiger partial charge in [0, 0.05) is 27.8 Å². The molecule has 4 aromatic rings. The van der Waals surface area contributed by atoms with Gasteiger partial charge in [0.2, 0.25) is 0 Å². The van der Waals surface area contributed by atoms with Crippen molar-refractivity contribution in [2.45, 2.75) is 0 Å². The topological polar surface area (TPSA) is 118 Å². The molecule has 0 saturated heterocycles. The van der Waals surface area contributed by atoms with E-state index in [0.29, 0.717) is 16.8 Å². The van der Waals surface area contributed by atoms with E-state index in [1.54, 1.807) is 66.7 Å². The molecule has 4 rings (SSSR count). The normalized spacial score (nSPS) is 11.2. The maximum atomic E-state index is 13.2. The number of nitrogens with one attached hydrogen (secondary N) is 2. The highest BCUT2D eigenvalue weighted by Crippen LogP contribution is 2.21. The average molecular weight is 524 g/mol. The maximum absolute atomic E-state index is 13.2. The Morgan fingerprint density at radius 1 is 0.816 bits per heavy atom. The lowest BCUT2D eigenvalue weighted by Gasteiger charge is -2.12. The zero-order chi connectivity index (χ0) is 26.9. The summed E-state index contributed by atoms with van der Waals surface area (Å²) >= 11 is 1.52. The Morgan fingerprint density at radius 2 is 1.53 bits per heavy atom. The number of nitrogens with zero attached hydrogens (tertiary/aromatic N) is 1. The van der Waals surface area contributed by atoms with Crippen LogP contribution in [-0.4, -0.2) is 22.5 Å². The Bertz CT molecular complexity index is 1530. The summed E-state index contributed by atoms with van der Waals surface area (Å²) in [6.07, 6.45) is 4.46. The molecule has 2 amide bonds. The molecule has 0 unspecified atom stereocenters. The van der Waals surface area contributed by atoms with Crippen molar-refractivity contribution in [3.05, 3.63) is 140 Å². The number of rotatable bonds is 9. The number of hydrogen-bond acceptors (Lipinski definition) is 6. The molecule has 1 heterocycles. The molecule has 0 aliphatic heterocycles. The zero-order valence-corrected chi connectivity index (χ0v) is 20.7. The number of anilines is 1. The largest absolute Gasteiger partial charge is 0.321 e. The fourth-order valence-corrected chi connectivity index (χ4v) is 4.05. The van der Waals surface area contributed by atoms with Gasteiger partial charge in [0.15, 0.2) is 5.78 Å². The number of benzene rings is 3. The molecule has 0 aliphatic rings. The monoisotopic (exact) mass is 523 g/mol. The van der Waals surface area contributed by atoms with Gasteiger partial charge in [-0.2, -0.15) is 0 Å². The smallest absolute Gasteiger partial charge is 0.276 e. The van der Waals surface area contributed by atoms with Crippen LogP contribution in [-0.2, 0) is 4.79 Å². The first kappa shape index (κ1) is 25.9. The van der Waals surface area contributed by atoms with E-state index in [9.17, 15) is 24.5 Å². The third-order valence-corrected chi connectivity index (χ3v) is 6.17. The first-order valence-electron chi connectivity index (χ1n) is 11.4. The molecule has 0 saturated carbocycles. The number of nitro groups is 1. The number of hydrogen-bond donors (Lipinski definition) is 2. The Hall–Kier alpha value is -5.15. The van der Waals surface area contributed by atoms with Crippen LogP contribution in [0.1, 0.15) is 31.2 Å². The predicted molar refractivity (Wildman–Crippen MR) is 148 cm³/mol. The van der Waals surface area contributed by atoms with E-state index in [2.05, 4.69) is 10.6 Å². The number of allylic oxidation sites excluding steroid dienone is 1. The molecule has 2 N–H and O–H groups in total. The molecule has 0 aliphatic carbocycles.